The molecule has 0 aliphatic carbocycles. The Morgan fingerprint density at radius 3 is 2.31 bits per heavy atom. The number of aryl methyl sites for hydroxylation is 1. The van der Waals surface area contributed by atoms with Gasteiger partial charge in [0.2, 0.25) is 5.88 Å². The molecule has 3 rings (SSSR count). The number of methoxy groups -OCH3 is 2. The van der Waals surface area contributed by atoms with Crippen molar-refractivity contribution in [1.29, 1.82) is 0 Å². The number of benzene rings is 2. The number of thiocarbonyl (C=S) groups is 1. The molecule has 0 amide bonds. The molecule has 32 heavy (non-hydrogen) atoms. The Bertz CT molecular complexity index is 1160. The summed E-state index contributed by atoms with van der Waals surface area (Å²) in [7, 11) is -1.10. The third kappa shape index (κ3) is 6.28. The number of nitrogens with one attached hydrogen (secondary N) is 3. The minimum atomic E-state index is -3.89. The summed E-state index contributed by atoms with van der Waals surface area (Å²) >= 11 is 5.31. The lowest BCUT2D eigenvalue weighted by molar-refractivity contribution is 0.353. The molecule has 9 nitrogen and oxygen atoms in total. The lowest BCUT2D eigenvalue weighted by atomic mass is 10.1. The molecule has 0 unspecified atom stereocenters. The van der Waals surface area contributed by atoms with Crippen molar-refractivity contribution in [3.05, 3.63) is 65.7 Å². The molecule has 11 heteroatoms. The van der Waals surface area contributed by atoms with Gasteiger partial charge in [0.05, 0.1) is 19.1 Å². The Hall–Kier alpha value is -3.44. The average molecular weight is 474 g/mol. The van der Waals surface area contributed by atoms with E-state index in [1.54, 1.807) is 12.1 Å². The molecular weight excluding hydrogens is 450 g/mol. The molecule has 0 spiro atoms. The van der Waals surface area contributed by atoms with Crippen LogP contribution in [0.2, 0.25) is 0 Å². The smallest absolute Gasteiger partial charge is 0.321 e. The Balaban J connectivity index is 1.62. The molecule has 0 radical (unpaired) electrons. The predicted octanol–water partition coefficient (Wildman–Crippen LogP) is 3.09. The van der Waals surface area contributed by atoms with Crippen LogP contribution in [0.5, 0.6) is 11.9 Å². The molecule has 1 heterocycles. The Morgan fingerprint density at radius 1 is 1.00 bits per heavy atom. The van der Waals surface area contributed by atoms with Crippen LogP contribution in [-0.4, -0.2) is 37.7 Å². The van der Waals surface area contributed by atoms with Crippen LogP contribution in [0.3, 0.4) is 0 Å². The van der Waals surface area contributed by atoms with E-state index in [0.29, 0.717) is 17.3 Å². The van der Waals surface area contributed by atoms with Gasteiger partial charge in [0.15, 0.2) is 10.9 Å². The molecule has 168 valence electrons. The van der Waals surface area contributed by atoms with E-state index >= 15 is 0 Å². The number of hydrogen-bond acceptors (Lipinski definition) is 7. The standard InChI is InChI=1S/C21H23N5O4S2/c1-14-4-6-15(7-5-14)13-22-21(31)23-16-8-10-17(11-9-16)32(27,28)26-18-12-19(29-2)25-20(24-18)30-3/h4-12H,13H2,1-3H3,(H2,22,23,31)(H,24,25,26). The molecule has 1 aromatic heterocycles. The van der Waals surface area contributed by atoms with Gasteiger partial charge in [-0.3, -0.25) is 4.72 Å². The van der Waals surface area contributed by atoms with E-state index in [1.807, 2.05) is 31.2 Å². The SMILES string of the molecule is COc1cc(NS(=O)(=O)c2ccc(NC(=S)NCc3ccc(C)cc3)cc2)nc(OC)n1. The number of anilines is 2. The second kappa shape index (κ2) is 10.2. The van der Waals surface area contributed by atoms with Crippen LogP contribution >= 0.6 is 12.2 Å². The minimum absolute atomic E-state index is 0.0201. The lowest BCUT2D eigenvalue weighted by Crippen LogP contribution is -2.27. The molecule has 0 atom stereocenters. The van der Waals surface area contributed by atoms with Gasteiger partial charge in [0.25, 0.3) is 10.0 Å². The monoisotopic (exact) mass is 473 g/mol. The largest absolute Gasteiger partial charge is 0.481 e. The number of sulfonamides is 1. The number of hydrogen-bond donors (Lipinski definition) is 3. The highest BCUT2D eigenvalue weighted by Gasteiger charge is 2.17. The van der Waals surface area contributed by atoms with Gasteiger partial charge in [0.1, 0.15) is 0 Å². The highest BCUT2D eigenvalue weighted by molar-refractivity contribution is 7.92. The zero-order valence-electron chi connectivity index (χ0n) is 17.7. The molecule has 3 aromatic rings. The summed E-state index contributed by atoms with van der Waals surface area (Å²) in [5.41, 5.74) is 2.94. The molecule has 0 saturated carbocycles. The third-order valence-electron chi connectivity index (χ3n) is 4.31. The topological polar surface area (TPSA) is 114 Å². The molecule has 0 fully saturated rings. The fourth-order valence-corrected chi connectivity index (χ4v) is 3.81. The second-order valence-electron chi connectivity index (χ2n) is 6.71. The maximum atomic E-state index is 12.7. The van der Waals surface area contributed by atoms with Gasteiger partial charge in [-0.1, -0.05) is 29.8 Å². The summed E-state index contributed by atoms with van der Waals surface area (Å²) in [5.74, 6) is 0.193. The molecular formula is C21H23N5O4S2. The van der Waals surface area contributed by atoms with Crippen LogP contribution in [0, 0.1) is 6.92 Å². The summed E-state index contributed by atoms with van der Waals surface area (Å²) < 4.78 is 37.8. The Labute approximate surface area is 192 Å². The van der Waals surface area contributed by atoms with E-state index in [-0.39, 0.29) is 22.6 Å². The van der Waals surface area contributed by atoms with Crippen molar-refractivity contribution < 1.29 is 17.9 Å². The zero-order chi connectivity index (χ0) is 23.1. The first-order chi connectivity index (χ1) is 15.3. The molecule has 0 aliphatic heterocycles. The third-order valence-corrected chi connectivity index (χ3v) is 5.93. The fourth-order valence-electron chi connectivity index (χ4n) is 2.63. The van der Waals surface area contributed by atoms with Gasteiger partial charge in [-0.25, -0.2) is 8.42 Å². The Morgan fingerprint density at radius 2 is 1.69 bits per heavy atom. The van der Waals surface area contributed by atoms with Gasteiger partial charge >= 0.3 is 6.01 Å². The van der Waals surface area contributed by atoms with Gasteiger partial charge in [-0.15, -0.1) is 0 Å². The summed E-state index contributed by atoms with van der Waals surface area (Å²) in [6.45, 7) is 2.61. The van der Waals surface area contributed by atoms with E-state index in [0.717, 1.165) is 5.56 Å². The normalized spacial score (nSPS) is 10.8. The number of nitrogens with zero attached hydrogens (tertiary/aromatic N) is 2. The second-order valence-corrected chi connectivity index (χ2v) is 8.80. The molecule has 0 saturated heterocycles. The maximum Gasteiger partial charge on any atom is 0.321 e. The van der Waals surface area contributed by atoms with E-state index in [2.05, 4.69) is 25.3 Å². The quantitative estimate of drug-likeness (QED) is 0.425. The van der Waals surface area contributed by atoms with E-state index in [9.17, 15) is 8.42 Å². The minimum Gasteiger partial charge on any atom is -0.481 e. The average Bonchev–Trinajstić information content (AvgIpc) is 2.78. The van der Waals surface area contributed by atoms with Crippen LogP contribution in [0.15, 0.2) is 59.5 Å². The van der Waals surface area contributed by atoms with Crippen molar-refractivity contribution in [2.45, 2.75) is 18.4 Å². The van der Waals surface area contributed by atoms with E-state index in [1.165, 1.54) is 38.0 Å². The van der Waals surface area contributed by atoms with Gasteiger partial charge < -0.3 is 20.1 Å². The van der Waals surface area contributed by atoms with E-state index < -0.39 is 10.0 Å². The van der Waals surface area contributed by atoms with Crippen molar-refractivity contribution >= 4 is 38.9 Å². The van der Waals surface area contributed by atoms with Crippen LogP contribution in [0.25, 0.3) is 0 Å². The summed E-state index contributed by atoms with van der Waals surface area (Å²) in [6, 6.07) is 15.6. The molecule has 0 aliphatic rings. The van der Waals surface area contributed by atoms with Crippen LogP contribution < -0.4 is 24.8 Å². The first-order valence-electron chi connectivity index (χ1n) is 9.49. The first-order valence-corrected chi connectivity index (χ1v) is 11.4. The molecule has 2 aromatic carbocycles. The van der Waals surface area contributed by atoms with Crippen LogP contribution in [0.1, 0.15) is 11.1 Å². The van der Waals surface area contributed by atoms with Crippen molar-refractivity contribution in [3.63, 3.8) is 0 Å². The molecule has 3 N–H and O–H groups in total. The summed E-state index contributed by atoms with van der Waals surface area (Å²) in [5, 5.41) is 6.58. The zero-order valence-corrected chi connectivity index (χ0v) is 19.4. The van der Waals surface area contributed by atoms with Gasteiger partial charge in [-0.2, -0.15) is 9.97 Å². The van der Waals surface area contributed by atoms with Crippen molar-refractivity contribution in [3.8, 4) is 11.9 Å². The highest BCUT2D eigenvalue weighted by atomic mass is 32.2. The van der Waals surface area contributed by atoms with Gasteiger partial charge in [-0.05, 0) is 49.0 Å². The van der Waals surface area contributed by atoms with E-state index in [4.69, 9.17) is 21.7 Å². The maximum absolute atomic E-state index is 12.7. The summed E-state index contributed by atoms with van der Waals surface area (Å²) in [6.07, 6.45) is 0. The van der Waals surface area contributed by atoms with Crippen molar-refractivity contribution in [2.75, 3.05) is 24.3 Å². The fraction of sp³-hybridized carbons (Fsp3) is 0.190. The first kappa shape index (κ1) is 23.2. The molecule has 0 bridgehead atoms. The lowest BCUT2D eigenvalue weighted by Gasteiger charge is -2.12. The number of aromatic nitrogens is 2. The number of rotatable bonds is 8. The van der Waals surface area contributed by atoms with Crippen LogP contribution in [0.4, 0.5) is 11.5 Å². The van der Waals surface area contributed by atoms with Crippen LogP contribution in [-0.2, 0) is 16.6 Å². The predicted molar refractivity (Wildman–Crippen MR) is 127 cm³/mol. The summed E-state index contributed by atoms with van der Waals surface area (Å²) in [4.78, 5) is 7.96. The van der Waals surface area contributed by atoms with Gasteiger partial charge in [0, 0.05) is 18.3 Å². The number of ether oxygens (including phenoxy) is 2. The highest BCUT2D eigenvalue weighted by Crippen LogP contribution is 2.21. The van der Waals surface area contributed by atoms with Crippen molar-refractivity contribution in [1.82, 2.24) is 15.3 Å². The Kier molecular flexibility index (Phi) is 7.44. The van der Waals surface area contributed by atoms with Crippen molar-refractivity contribution in [2.24, 2.45) is 0 Å².